The fraction of sp³-hybridized carbons (Fsp3) is 0.500. The number of rotatable bonds is 3. The second-order valence-electron chi connectivity index (χ2n) is 5.20. The molecule has 0 aromatic heterocycles. The minimum Gasteiger partial charge on any atom is -0.389 e. The number of aliphatic hydroxyl groups is 2. The van der Waals surface area contributed by atoms with E-state index in [1.807, 2.05) is 32.0 Å². The third-order valence-electron chi connectivity index (χ3n) is 3.37. The van der Waals surface area contributed by atoms with Gasteiger partial charge in [0, 0.05) is 18.8 Å². The summed E-state index contributed by atoms with van der Waals surface area (Å²) in [6.07, 6.45) is -1.51. The summed E-state index contributed by atoms with van der Waals surface area (Å²) in [5.74, 6) is -0.130. The number of hydrogen-bond acceptors (Lipinski definition) is 4. The van der Waals surface area contributed by atoms with Gasteiger partial charge in [0.15, 0.2) is 0 Å². The SMILES string of the molecule is Cc1ccc(C)c(NC(=O)CN2C[C@@H](O)[C@@H](O)C2)c1. The Balaban J connectivity index is 1.93. The van der Waals surface area contributed by atoms with Crippen molar-refractivity contribution in [1.82, 2.24) is 4.90 Å². The number of aliphatic hydroxyl groups excluding tert-OH is 2. The predicted molar refractivity (Wildman–Crippen MR) is 73.0 cm³/mol. The van der Waals surface area contributed by atoms with Crippen LogP contribution in [0.25, 0.3) is 0 Å². The maximum atomic E-state index is 11.9. The van der Waals surface area contributed by atoms with Gasteiger partial charge in [0.1, 0.15) is 0 Å². The number of amides is 1. The second-order valence-corrected chi connectivity index (χ2v) is 5.20. The van der Waals surface area contributed by atoms with E-state index in [1.165, 1.54) is 0 Å². The average molecular weight is 264 g/mol. The van der Waals surface area contributed by atoms with Crippen LogP contribution in [0.1, 0.15) is 11.1 Å². The van der Waals surface area contributed by atoms with E-state index in [-0.39, 0.29) is 12.5 Å². The number of nitrogens with zero attached hydrogens (tertiary/aromatic N) is 1. The number of β-amino-alcohol motifs (C(OH)–C–C–N with tert-alkyl or cyclic N) is 2. The summed E-state index contributed by atoms with van der Waals surface area (Å²) < 4.78 is 0. The Kier molecular flexibility index (Phi) is 4.19. The van der Waals surface area contributed by atoms with Crippen molar-refractivity contribution in [1.29, 1.82) is 0 Å². The van der Waals surface area contributed by atoms with Crippen molar-refractivity contribution in [2.75, 3.05) is 25.0 Å². The first-order chi connectivity index (χ1) is 8.95. The van der Waals surface area contributed by atoms with E-state index in [1.54, 1.807) is 4.90 Å². The van der Waals surface area contributed by atoms with Gasteiger partial charge in [0.05, 0.1) is 18.8 Å². The zero-order valence-electron chi connectivity index (χ0n) is 11.3. The van der Waals surface area contributed by atoms with Crippen molar-refractivity contribution in [3.8, 4) is 0 Å². The number of benzene rings is 1. The lowest BCUT2D eigenvalue weighted by molar-refractivity contribution is -0.117. The number of carbonyl (C=O) groups is 1. The maximum Gasteiger partial charge on any atom is 0.238 e. The van der Waals surface area contributed by atoms with Crippen molar-refractivity contribution in [2.45, 2.75) is 26.1 Å². The van der Waals surface area contributed by atoms with Gasteiger partial charge < -0.3 is 15.5 Å². The molecule has 2 atom stereocenters. The maximum absolute atomic E-state index is 11.9. The zero-order valence-corrected chi connectivity index (χ0v) is 11.3. The number of hydrogen-bond donors (Lipinski definition) is 3. The van der Waals surface area contributed by atoms with Crippen LogP contribution in [-0.2, 0) is 4.79 Å². The molecule has 3 N–H and O–H groups in total. The van der Waals surface area contributed by atoms with Crippen LogP contribution in [0.2, 0.25) is 0 Å². The number of nitrogens with one attached hydrogen (secondary N) is 1. The highest BCUT2D eigenvalue weighted by atomic mass is 16.3. The van der Waals surface area contributed by atoms with Crippen LogP contribution in [-0.4, -0.2) is 52.9 Å². The van der Waals surface area contributed by atoms with Crippen LogP contribution in [0.3, 0.4) is 0 Å². The molecule has 2 rings (SSSR count). The first kappa shape index (κ1) is 14.0. The zero-order chi connectivity index (χ0) is 14.0. The molecule has 0 unspecified atom stereocenters. The van der Waals surface area contributed by atoms with E-state index in [9.17, 15) is 15.0 Å². The summed E-state index contributed by atoms with van der Waals surface area (Å²) in [5, 5.41) is 21.7. The molecule has 1 fully saturated rings. The summed E-state index contributed by atoms with van der Waals surface area (Å²) in [6, 6.07) is 5.90. The summed E-state index contributed by atoms with van der Waals surface area (Å²) >= 11 is 0. The molecule has 1 aliphatic heterocycles. The Bertz CT molecular complexity index is 466. The number of likely N-dealkylation sites (tertiary alicyclic amines) is 1. The van der Waals surface area contributed by atoms with Crippen LogP contribution < -0.4 is 5.32 Å². The van der Waals surface area contributed by atoms with Crippen LogP contribution in [0, 0.1) is 13.8 Å². The molecule has 1 amide bonds. The Hall–Kier alpha value is -1.43. The first-order valence-electron chi connectivity index (χ1n) is 6.41. The third-order valence-corrected chi connectivity index (χ3v) is 3.37. The van der Waals surface area contributed by atoms with Gasteiger partial charge in [-0.2, -0.15) is 0 Å². The lowest BCUT2D eigenvalue weighted by Crippen LogP contribution is -2.32. The number of anilines is 1. The van der Waals surface area contributed by atoms with E-state index >= 15 is 0 Å². The van der Waals surface area contributed by atoms with Gasteiger partial charge >= 0.3 is 0 Å². The van der Waals surface area contributed by atoms with Crippen molar-refractivity contribution in [3.05, 3.63) is 29.3 Å². The Morgan fingerprint density at radius 3 is 2.58 bits per heavy atom. The molecule has 5 heteroatoms. The van der Waals surface area contributed by atoms with Crippen molar-refractivity contribution < 1.29 is 15.0 Å². The molecule has 1 aromatic carbocycles. The van der Waals surface area contributed by atoms with Crippen molar-refractivity contribution in [2.24, 2.45) is 0 Å². The first-order valence-corrected chi connectivity index (χ1v) is 6.41. The molecule has 0 saturated carbocycles. The Morgan fingerprint density at radius 2 is 1.95 bits per heavy atom. The molecule has 1 saturated heterocycles. The Labute approximate surface area is 112 Å². The second kappa shape index (κ2) is 5.69. The number of carbonyl (C=O) groups excluding carboxylic acids is 1. The molecular formula is C14H20N2O3. The van der Waals surface area contributed by atoms with Crippen molar-refractivity contribution in [3.63, 3.8) is 0 Å². The van der Waals surface area contributed by atoms with E-state index in [0.717, 1.165) is 16.8 Å². The van der Waals surface area contributed by atoms with Gasteiger partial charge in [-0.1, -0.05) is 12.1 Å². The molecule has 1 heterocycles. The fourth-order valence-electron chi connectivity index (χ4n) is 2.24. The lowest BCUT2D eigenvalue weighted by atomic mass is 10.1. The van der Waals surface area contributed by atoms with Gasteiger partial charge in [-0.15, -0.1) is 0 Å². The number of aryl methyl sites for hydroxylation is 2. The normalized spacial score (nSPS) is 23.6. The van der Waals surface area contributed by atoms with Crippen LogP contribution in [0.15, 0.2) is 18.2 Å². The molecule has 0 bridgehead atoms. The van der Waals surface area contributed by atoms with E-state index in [4.69, 9.17) is 0 Å². The van der Waals surface area contributed by atoms with Crippen molar-refractivity contribution >= 4 is 11.6 Å². The van der Waals surface area contributed by atoms with Gasteiger partial charge in [0.2, 0.25) is 5.91 Å². The van der Waals surface area contributed by atoms with Gasteiger partial charge in [-0.3, -0.25) is 9.69 Å². The standard InChI is InChI=1S/C14H20N2O3/c1-9-3-4-10(2)11(5-9)15-14(19)8-16-6-12(17)13(18)7-16/h3-5,12-13,17-18H,6-8H2,1-2H3,(H,15,19)/t12-,13+. The van der Waals surface area contributed by atoms with E-state index < -0.39 is 12.2 Å². The highest BCUT2D eigenvalue weighted by Gasteiger charge is 2.30. The summed E-state index contributed by atoms with van der Waals surface area (Å²) in [7, 11) is 0. The summed E-state index contributed by atoms with van der Waals surface area (Å²) in [5.41, 5.74) is 2.92. The molecule has 5 nitrogen and oxygen atoms in total. The fourth-order valence-corrected chi connectivity index (χ4v) is 2.24. The molecular weight excluding hydrogens is 244 g/mol. The van der Waals surface area contributed by atoms with E-state index in [0.29, 0.717) is 13.1 Å². The van der Waals surface area contributed by atoms with Gasteiger partial charge in [0.25, 0.3) is 0 Å². The van der Waals surface area contributed by atoms with Gasteiger partial charge in [-0.05, 0) is 31.0 Å². The molecule has 0 radical (unpaired) electrons. The van der Waals surface area contributed by atoms with Gasteiger partial charge in [-0.25, -0.2) is 0 Å². The van der Waals surface area contributed by atoms with Crippen LogP contribution in [0.4, 0.5) is 5.69 Å². The molecule has 0 spiro atoms. The highest BCUT2D eigenvalue weighted by molar-refractivity contribution is 5.93. The monoisotopic (exact) mass is 264 g/mol. The molecule has 19 heavy (non-hydrogen) atoms. The molecule has 0 aliphatic carbocycles. The highest BCUT2D eigenvalue weighted by Crippen LogP contribution is 2.16. The minimum atomic E-state index is -0.756. The average Bonchev–Trinajstić information content (AvgIpc) is 2.63. The largest absolute Gasteiger partial charge is 0.389 e. The molecule has 104 valence electrons. The third kappa shape index (κ3) is 3.53. The summed E-state index contributed by atoms with van der Waals surface area (Å²) in [6.45, 7) is 4.77. The molecule has 1 aromatic rings. The topological polar surface area (TPSA) is 72.8 Å². The quantitative estimate of drug-likeness (QED) is 0.733. The summed E-state index contributed by atoms with van der Waals surface area (Å²) in [4.78, 5) is 13.7. The smallest absolute Gasteiger partial charge is 0.238 e. The molecule has 1 aliphatic rings. The minimum absolute atomic E-state index is 0.130. The van der Waals surface area contributed by atoms with Crippen LogP contribution in [0.5, 0.6) is 0 Å². The lowest BCUT2D eigenvalue weighted by Gasteiger charge is -2.15. The predicted octanol–water partition coefficient (Wildman–Crippen LogP) is 0.279. The Morgan fingerprint density at radius 1 is 1.32 bits per heavy atom. The van der Waals surface area contributed by atoms with E-state index in [2.05, 4.69) is 5.32 Å². The van der Waals surface area contributed by atoms with Crippen LogP contribution >= 0.6 is 0 Å².